The normalized spacial score (nSPS) is 10.5. The van der Waals surface area contributed by atoms with Crippen LogP contribution in [0.1, 0.15) is 15.9 Å². The van der Waals surface area contributed by atoms with Gasteiger partial charge in [-0.05, 0) is 64.6 Å². The molecule has 0 spiro atoms. The van der Waals surface area contributed by atoms with Crippen LogP contribution in [0.5, 0.6) is 0 Å². The molecule has 1 nitrogen and oxygen atoms in total. The van der Waals surface area contributed by atoms with Gasteiger partial charge in [0.2, 0.25) is 0 Å². The second kappa shape index (κ2) is 6.33. The van der Waals surface area contributed by atoms with Gasteiger partial charge in [0.1, 0.15) is 5.82 Å². The van der Waals surface area contributed by atoms with Crippen LogP contribution >= 0.6 is 50.1 Å². The summed E-state index contributed by atoms with van der Waals surface area (Å²) in [5, 5.41) is 0.499. The highest BCUT2D eigenvalue weighted by molar-refractivity contribution is 14.1. The van der Waals surface area contributed by atoms with E-state index in [-0.39, 0.29) is 18.0 Å². The second-order valence-corrected chi connectivity index (χ2v) is 6.47. The van der Waals surface area contributed by atoms with Crippen molar-refractivity contribution >= 4 is 55.9 Å². The first-order valence-electron chi connectivity index (χ1n) is 5.39. The highest BCUT2D eigenvalue weighted by Gasteiger charge is 2.14. The molecule has 0 aliphatic rings. The number of Topliss-reactive ketones (excluding diaryl/α,β-unsaturated/α-hetero) is 1. The molecule has 0 saturated heterocycles. The summed E-state index contributed by atoms with van der Waals surface area (Å²) in [5.41, 5.74) is 0.891. The van der Waals surface area contributed by atoms with Gasteiger partial charge in [0.05, 0.1) is 0 Å². The molecule has 98 valence electrons. The first-order valence-corrected chi connectivity index (χ1v) is 7.64. The lowest BCUT2D eigenvalue weighted by molar-refractivity contribution is 0.0991. The van der Waals surface area contributed by atoms with Gasteiger partial charge in [0.15, 0.2) is 5.78 Å². The van der Waals surface area contributed by atoms with Gasteiger partial charge in [-0.2, -0.15) is 0 Å². The number of rotatable bonds is 3. The van der Waals surface area contributed by atoms with Gasteiger partial charge < -0.3 is 0 Å². The zero-order valence-corrected chi connectivity index (χ0v) is 14.1. The van der Waals surface area contributed by atoms with E-state index in [1.807, 2.05) is 0 Å². The summed E-state index contributed by atoms with van der Waals surface area (Å²) in [6.07, 6.45) is 0.0155. The second-order valence-electron chi connectivity index (χ2n) is 3.96. The van der Waals surface area contributed by atoms with Crippen LogP contribution in [0.2, 0.25) is 5.02 Å². The molecule has 0 unspecified atom stereocenters. The monoisotopic (exact) mass is 452 g/mol. The van der Waals surface area contributed by atoms with E-state index in [0.717, 1.165) is 8.04 Å². The lowest BCUT2D eigenvalue weighted by Gasteiger charge is -2.06. The van der Waals surface area contributed by atoms with Crippen LogP contribution in [0.25, 0.3) is 0 Å². The third kappa shape index (κ3) is 3.77. The van der Waals surface area contributed by atoms with E-state index in [4.69, 9.17) is 11.6 Å². The van der Waals surface area contributed by atoms with Gasteiger partial charge in [0.25, 0.3) is 0 Å². The SMILES string of the molecule is O=C(Cc1cc(Br)ccc1F)c1cc(Cl)ccc1I. The Morgan fingerprint density at radius 2 is 2.00 bits per heavy atom. The molecule has 0 radical (unpaired) electrons. The molecule has 19 heavy (non-hydrogen) atoms. The smallest absolute Gasteiger partial charge is 0.168 e. The Kier molecular flexibility index (Phi) is 4.97. The Labute approximate surface area is 137 Å². The Balaban J connectivity index is 2.30. The maximum Gasteiger partial charge on any atom is 0.168 e. The molecule has 0 N–H and O–H groups in total. The number of carbonyl (C=O) groups is 1. The molecule has 0 fully saturated rings. The molecule has 0 heterocycles. The first kappa shape index (κ1) is 14.9. The summed E-state index contributed by atoms with van der Waals surface area (Å²) in [6.45, 7) is 0. The van der Waals surface area contributed by atoms with E-state index >= 15 is 0 Å². The van der Waals surface area contributed by atoms with E-state index in [0.29, 0.717) is 16.1 Å². The van der Waals surface area contributed by atoms with E-state index < -0.39 is 0 Å². The predicted molar refractivity (Wildman–Crippen MR) is 86.3 cm³/mol. The zero-order valence-electron chi connectivity index (χ0n) is 9.59. The van der Waals surface area contributed by atoms with Crippen molar-refractivity contribution < 1.29 is 9.18 Å². The maximum atomic E-state index is 13.6. The van der Waals surface area contributed by atoms with Crippen LogP contribution in [0.3, 0.4) is 0 Å². The van der Waals surface area contributed by atoms with Crippen LogP contribution in [0.4, 0.5) is 4.39 Å². The zero-order chi connectivity index (χ0) is 14.0. The summed E-state index contributed by atoms with van der Waals surface area (Å²) in [6, 6.07) is 9.67. The minimum atomic E-state index is -0.381. The largest absolute Gasteiger partial charge is 0.294 e. The van der Waals surface area contributed by atoms with Crippen molar-refractivity contribution in [2.24, 2.45) is 0 Å². The number of ketones is 1. The fraction of sp³-hybridized carbons (Fsp3) is 0.0714. The lowest BCUT2D eigenvalue weighted by atomic mass is 10.0. The molecule has 0 aliphatic carbocycles. The average Bonchev–Trinajstić information content (AvgIpc) is 2.36. The lowest BCUT2D eigenvalue weighted by Crippen LogP contribution is -2.07. The summed E-state index contributed by atoms with van der Waals surface area (Å²) in [5.74, 6) is -0.530. The van der Waals surface area contributed by atoms with Crippen molar-refractivity contribution in [2.45, 2.75) is 6.42 Å². The molecular weight excluding hydrogens is 445 g/mol. The molecule has 0 saturated carbocycles. The van der Waals surface area contributed by atoms with Gasteiger partial charge in [0, 0.05) is 25.0 Å². The molecule has 2 aromatic rings. The van der Waals surface area contributed by atoms with Crippen LogP contribution in [0, 0.1) is 9.39 Å². The Bertz CT molecular complexity index is 645. The number of hydrogen-bond donors (Lipinski definition) is 0. The van der Waals surface area contributed by atoms with Gasteiger partial charge in [-0.15, -0.1) is 0 Å². The fourth-order valence-corrected chi connectivity index (χ4v) is 2.88. The van der Waals surface area contributed by atoms with Crippen LogP contribution < -0.4 is 0 Å². The quantitative estimate of drug-likeness (QED) is 0.457. The van der Waals surface area contributed by atoms with Crippen molar-refractivity contribution in [3.05, 3.63) is 66.4 Å². The fourth-order valence-electron chi connectivity index (χ4n) is 1.66. The van der Waals surface area contributed by atoms with E-state index in [2.05, 4.69) is 38.5 Å². The highest BCUT2D eigenvalue weighted by atomic mass is 127. The molecule has 0 amide bonds. The van der Waals surface area contributed by atoms with Crippen molar-refractivity contribution in [2.75, 3.05) is 0 Å². The molecule has 0 bridgehead atoms. The average molecular weight is 453 g/mol. The maximum absolute atomic E-state index is 13.6. The third-order valence-electron chi connectivity index (χ3n) is 2.59. The van der Waals surface area contributed by atoms with Crippen molar-refractivity contribution in [1.29, 1.82) is 0 Å². The number of hydrogen-bond acceptors (Lipinski definition) is 1. The number of halogens is 4. The predicted octanol–water partition coefficient (Wildman–Crippen LogP) is 5.27. The van der Waals surface area contributed by atoms with E-state index in [1.54, 1.807) is 30.3 Å². The standard InChI is InChI=1S/C14H8BrClFIO/c15-9-1-3-12(17)8(5-9)6-14(19)11-7-10(16)2-4-13(11)18/h1-5,7H,6H2. The molecule has 5 heteroatoms. The molecule has 2 rings (SSSR count). The van der Waals surface area contributed by atoms with Crippen LogP contribution in [-0.2, 0) is 6.42 Å². The van der Waals surface area contributed by atoms with Gasteiger partial charge in [-0.25, -0.2) is 4.39 Å². The topological polar surface area (TPSA) is 17.1 Å². The number of benzene rings is 2. The Morgan fingerprint density at radius 1 is 1.26 bits per heavy atom. The Morgan fingerprint density at radius 3 is 2.74 bits per heavy atom. The third-order valence-corrected chi connectivity index (χ3v) is 4.26. The molecule has 0 aromatic heterocycles. The van der Waals surface area contributed by atoms with Crippen molar-refractivity contribution in [1.82, 2.24) is 0 Å². The summed E-state index contributed by atoms with van der Waals surface area (Å²) in [4.78, 5) is 12.2. The van der Waals surface area contributed by atoms with Crippen molar-refractivity contribution in [3.63, 3.8) is 0 Å². The Hall–Kier alpha value is -0.460. The van der Waals surface area contributed by atoms with Crippen LogP contribution in [0.15, 0.2) is 40.9 Å². The van der Waals surface area contributed by atoms with E-state index in [9.17, 15) is 9.18 Å². The minimum absolute atomic E-state index is 0.0155. The summed E-state index contributed by atoms with van der Waals surface area (Å²) >= 11 is 11.2. The molecule has 0 atom stereocenters. The van der Waals surface area contributed by atoms with Crippen LogP contribution in [-0.4, -0.2) is 5.78 Å². The molecule has 0 aliphatic heterocycles. The van der Waals surface area contributed by atoms with Gasteiger partial charge in [-0.3, -0.25) is 4.79 Å². The minimum Gasteiger partial charge on any atom is -0.294 e. The molecular formula is C14H8BrClFIO. The summed E-state index contributed by atoms with van der Waals surface area (Å²) < 4.78 is 15.2. The van der Waals surface area contributed by atoms with Crippen molar-refractivity contribution in [3.8, 4) is 0 Å². The van der Waals surface area contributed by atoms with Gasteiger partial charge >= 0.3 is 0 Å². The van der Waals surface area contributed by atoms with Gasteiger partial charge in [-0.1, -0.05) is 27.5 Å². The summed E-state index contributed by atoms with van der Waals surface area (Å²) in [7, 11) is 0. The highest BCUT2D eigenvalue weighted by Crippen LogP contribution is 2.22. The first-order chi connectivity index (χ1) is 8.97. The van der Waals surface area contributed by atoms with E-state index in [1.165, 1.54) is 6.07 Å². The number of carbonyl (C=O) groups excluding carboxylic acids is 1. The molecule has 2 aromatic carbocycles.